The van der Waals surface area contributed by atoms with Crippen LogP contribution in [0.25, 0.3) is 0 Å². The van der Waals surface area contributed by atoms with Gasteiger partial charge >= 0.3 is 6.03 Å². The van der Waals surface area contributed by atoms with Gasteiger partial charge in [0.05, 0.1) is 6.54 Å². The molecule has 5 heteroatoms. The quantitative estimate of drug-likeness (QED) is 0.797. The molecule has 0 aromatic heterocycles. The summed E-state index contributed by atoms with van der Waals surface area (Å²) in [5.41, 5.74) is 0.705. The monoisotopic (exact) mass is 289 g/mol. The number of hydrogen-bond donors (Lipinski definition) is 3. The summed E-state index contributed by atoms with van der Waals surface area (Å²) in [6.45, 7) is 2.17. The Hall–Kier alpha value is -2.04. The molecule has 1 saturated carbocycles. The van der Waals surface area contributed by atoms with E-state index in [-0.39, 0.29) is 24.5 Å². The minimum absolute atomic E-state index is 0.00187. The number of benzene rings is 1. The standard InChI is InChI=1S/C16H23N3O2/c1-12-7-5-6-10-14(12)19-15(20)11-17-16(21)18-13-8-3-2-4-9-13/h2-4,8-9,12,14H,5-7,10-11H2,1H3,(H,19,20)(H2,17,18,21)/t12-,14-/m1/s1. The third-order valence-corrected chi connectivity index (χ3v) is 3.90. The molecule has 1 aromatic rings. The second-order valence-electron chi connectivity index (χ2n) is 5.61. The summed E-state index contributed by atoms with van der Waals surface area (Å²) in [4.78, 5) is 23.5. The smallest absolute Gasteiger partial charge is 0.319 e. The third kappa shape index (κ3) is 5.10. The number of carbonyl (C=O) groups excluding carboxylic acids is 2. The highest BCUT2D eigenvalue weighted by Gasteiger charge is 2.22. The van der Waals surface area contributed by atoms with Gasteiger partial charge in [0.1, 0.15) is 0 Å². The summed E-state index contributed by atoms with van der Waals surface area (Å²) < 4.78 is 0. The van der Waals surface area contributed by atoms with Crippen molar-refractivity contribution in [3.63, 3.8) is 0 Å². The van der Waals surface area contributed by atoms with Gasteiger partial charge in [0.25, 0.3) is 0 Å². The van der Waals surface area contributed by atoms with Crippen LogP contribution in [-0.2, 0) is 4.79 Å². The summed E-state index contributed by atoms with van der Waals surface area (Å²) >= 11 is 0. The van der Waals surface area contributed by atoms with E-state index in [1.807, 2.05) is 18.2 Å². The fraction of sp³-hybridized carbons (Fsp3) is 0.500. The molecule has 0 unspecified atom stereocenters. The van der Waals surface area contributed by atoms with E-state index in [9.17, 15) is 9.59 Å². The molecule has 0 saturated heterocycles. The molecule has 5 nitrogen and oxygen atoms in total. The first kappa shape index (κ1) is 15.4. The van der Waals surface area contributed by atoms with Gasteiger partial charge in [-0.05, 0) is 30.9 Å². The molecule has 3 N–H and O–H groups in total. The van der Waals surface area contributed by atoms with E-state index in [2.05, 4.69) is 22.9 Å². The molecule has 0 heterocycles. The van der Waals surface area contributed by atoms with E-state index in [0.29, 0.717) is 11.6 Å². The number of para-hydroxylation sites is 1. The number of rotatable bonds is 4. The summed E-state index contributed by atoms with van der Waals surface area (Å²) in [7, 11) is 0. The van der Waals surface area contributed by atoms with Crippen molar-refractivity contribution in [2.75, 3.05) is 11.9 Å². The number of amides is 3. The van der Waals surface area contributed by atoms with Crippen LogP contribution in [0, 0.1) is 5.92 Å². The summed E-state index contributed by atoms with van der Waals surface area (Å²) in [6, 6.07) is 9.02. The molecule has 114 valence electrons. The zero-order valence-corrected chi connectivity index (χ0v) is 12.4. The predicted octanol–water partition coefficient (Wildman–Crippen LogP) is 2.50. The molecule has 0 aliphatic heterocycles. The highest BCUT2D eigenvalue weighted by Crippen LogP contribution is 2.23. The fourth-order valence-electron chi connectivity index (χ4n) is 2.65. The number of carbonyl (C=O) groups is 2. The van der Waals surface area contributed by atoms with Crippen molar-refractivity contribution in [3.05, 3.63) is 30.3 Å². The van der Waals surface area contributed by atoms with Crippen molar-refractivity contribution in [2.24, 2.45) is 5.92 Å². The molecule has 2 rings (SSSR count). The van der Waals surface area contributed by atoms with Gasteiger partial charge in [0.2, 0.25) is 5.91 Å². The Labute approximate surface area is 125 Å². The number of urea groups is 1. The van der Waals surface area contributed by atoms with Crippen LogP contribution in [-0.4, -0.2) is 24.5 Å². The summed E-state index contributed by atoms with van der Waals surface area (Å²) in [5, 5.41) is 8.26. The van der Waals surface area contributed by atoms with Crippen LogP contribution in [0.5, 0.6) is 0 Å². The number of anilines is 1. The van der Waals surface area contributed by atoms with Crippen LogP contribution in [0.4, 0.5) is 10.5 Å². The zero-order chi connectivity index (χ0) is 15.1. The van der Waals surface area contributed by atoms with Crippen molar-refractivity contribution < 1.29 is 9.59 Å². The molecule has 3 amide bonds. The normalized spacial score (nSPS) is 21.4. The van der Waals surface area contributed by atoms with Crippen LogP contribution < -0.4 is 16.0 Å². The van der Waals surface area contributed by atoms with Gasteiger partial charge in [-0.3, -0.25) is 4.79 Å². The first-order chi connectivity index (χ1) is 10.1. The van der Waals surface area contributed by atoms with Gasteiger partial charge < -0.3 is 16.0 Å². The number of nitrogens with one attached hydrogen (secondary N) is 3. The largest absolute Gasteiger partial charge is 0.352 e. The second-order valence-corrected chi connectivity index (χ2v) is 5.61. The van der Waals surface area contributed by atoms with Crippen LogP contribution in [0.1, 0.15) is 32.6 Å². The lowest BCUT2D eigenvalue weighted by molar-refractivity contribution is -0.121. The zero-order valence-electron chi connectivity index (χ0n) is 12.4. The summed E-state index contributed by atoms with van der Waals surface area (Å²) in [5.74, 6) is 0.387. The van der Waals surface area contributed by atoms with E-state index in [4.69, 9.17) is 0 Å². The molecule has 0 radical (unpaired) electrons. The molecule has 1 aromatic carbocycles. The first-order valence-corrected chi connectivity index (χ1v) is 7.54. The first-order valence-electron chi connectivity index (χ1n) is 7.54. The van der Waals surface area contributed by atoms with Gasteiger partial charge in [-0.2, -0.15) is 0 Å². The lowest BCUT2D eigenvalue weighted by Gasteiger charge is -2.29. The molecule has 1 aliphatic rings. The molecule has 1 aliphatic carbocycles. The number of hydrogen-bond acceptors (Lipinski definition) is 2. The van der Waals surface area contributed by atoms with Crippen molar-refractivity contribution in [2.45, 2.75) is 38.6 Å². The van der Waals surface area contributed by atoms with Crippen LogP contribution in [0.2, 0.25) is 0 Å². The maximum atomic E-state index is 11.9. The fourth-order valence-corrected chi connectivity index (χ4v) is 2.65. The van der Waals surface area contributed by atoms with Gasteiger partial charge in [0.15, 0.2) is 0 Å². The van der Waals surface area contributed by atoms with Crippen molar-refractivity contribution in [1.82, 2.24) is 10.6 Å². The van der Waals surface area contributed by atoms with Crippen molar-refractivity contribution in [3.8, 4) is 0 Å². The second kappa shape index (κ2) is 7.67. The van der Waals surface area contributed by atoms with E-state index >= 15 is 0 Å². The van der Waals surface area contributed by atoms with E-state index in [0.717, 1.165) is 19.3 Å². The van der Waals surface area contributed by atoms with Crippen LogP contribution >= 0.6 is 0 Å². The maximum absolute atomic E-state index is 11.9. The van der Waals surface area contributed by atoms with Crippen molar-refractivity contribution >= 4 is 17.6 Å². The van der Waals surface area contributed by atoms with Gasteiger partial charge in [-0.25, -0.2) is 4.79 Å². The lowest BCUT2D eigenvalue weighted by atomic mass is 9.86. The molecular weight excluding hydrogens is 266 g/mol. The van der Waals surface area contributed by atoms with E-state index in [1.54, 1.807) is 12.1 Å². The van der Waals surface area contributed by atoms with Gasteiger partial charge in [-0.15, -0.1) is 0 Å². The average molecular weight is 289 g/mol. The lowest BCUT2D eigenvalue weighted by Crippen LogP contribution is -2.46. The average Bonchev–Trinajstić information content (AvgIpc) is 2.49. The SMILES string of the molecule is C[C@@H]1CCCC[C@H]1NC(=O)CNC(=O)Nc1ccccc1. The molecule has 21 heavy (non-hydrogen) atoms. The van der Waals surface area contributed by atoms with Crippen LogP contribution in [0.3, 0.4) is 0 Å². The molecule has 1 fully saturated rings. The molecule has 0 spiro atoms. The minimum atomic E-state index is -0.368. The van der Waals surface area contributed by atoms with Gasteiger partial charge in [0, 0.05) is 11.7 Å². The van der Waals surface area contributed by atoms with Crippen molar-refractivity contribution in [1.29, 1.82) is 0 Å². The van der Waals surface area contributed by atoms with E-state index in [1.165, 1.54) is 6.42 Å². The Kier molecular flexibility index (Phi) is 5.60. The molecule has 2 atom stereocenters. The Morgan fingerprint density at radius 3 is 2.57 bits per heavy atom. The Bertz CT molecular complexity index is 476. The minimum Gasteiger partial charge on any atom is -0.352 e. The molecule has 0 bridgehead atoms. The van der Waals surface area contributed by atoms with E-state index < -0.39 is 0 Å². The van der Waals surface area contributed by atoms with Gasteiger partial charge in [-0.1, -0.05) is 38.0 Å². The Morgan fingerprint density at radius 2 is 1.86 bits per heavy atom. The highest BCUT2D eigenvalue weighted by molar-refractivity contribution is 5.92. The Balaban J connectivity index is 1.69. The highest BCUT2D eigenvalue weighted by atomic mass is 16.2. The Morgan fingerprint density at radius 1 is 1.14 bits per heavy atom. The topological polar surface area (TPSA) is 70.2 Å². The predicted molar refractivity (Wildman–Crippen MR) is 83.0 cm³/mol. The van der Waals surface area contributed by atoms with Crippen LogP contribution in [0.15, 0.2) is 30.3 Å². The summed E-state index contributed by atoms with van der Waals surface area (Å²) in [6.07, 6.45) is 4.60. The molecular formula is C16H23N3O2. The maximum Gasteiger partial charge on any atom is 0.319 e. The third-order valence-electron chi connectivity index (χ3n) is 3.90.